The number of anilines is 1. The molecule has 8 heteroatoms. The lowest BCUT2D eigenvalue weighted by Crippen LogP contribution is -2.30. The van der Waals surface area contributed by atoms with Crippen LogP contribution in [-0.2, 0) is 21.2 Å². The van der Waals surface area contributed by atoms with Gasteiger partial charge in [0.15, 0.2) is 0 Å². The highest BCUT2D eigenvalue weighted by Gasteiger charge is 2.24. The van der Waals surface area contributed by atoms with Crippen molar-refractivity contribution in [1.82, 2.24) is 9.29 Å². The maximum absolute atomic E-state index is 12.8. The van der Waals surface area contributed by atoms with Crippen molar-refractivity contribution < 1.29 is 13.2 Å². The van der Waals surface area contributed by atoms with Crippen molar-refractivity contribution in [2.24, 2.45) is 0 Å². The van der Waals surface area contributed by atoms with Gasteiger partial charge in [0.2, 0.25) is 15.9 Å². The molecule has 1 aliphatic heterocycles. The number of sulfonamides is 1. The van der Waals surface area contributed by atoms with Crippen LogP contribution in [0.2, 0.25) is 0 Å². The number of hydrogen-bond donors (Lipinski definition) is 0. The zero-order chi connectivity index (χ0) is 21.5. The SMILES string of the molecule is Cc1cc(SCC(=O)N2CCc3ccccc32)nc2ccc(S(=O)(=O)N(C)C)cc12. The first-order valence-electron chi connectivity index (χ1n) is 9.62. The highest BCUT2D eigenvalue weighted by molar-refractivity contribution is 7.99. The fourth-order valence-corrected chi connectivity index (χ4v) is 5.38. The molecule has 2 aromatic carbocycles. The van der Waals surface area contributed by atoms with Gasteiger partial charge in [-0.25, -0.2) is 17.7 Å². The maximum atomic E-state index is 12.8. The average Bonchev–Trinajstić information content (AvgIpc) is 3.16. The minimum absolute atomic E-state index is 0.0666. The number of aromatic nitrogens is 1. The fraction of sp³-hybridized carbons (Fsp3) is 0.273. The summed E-state index contributed by atoms with van der Waals surface area (Å²) in [5.41, 5.74) is 3.85. The summed E-state index contributed by atoms with van der Waals surface area (Å²) in [6.07, 6.45) is 0.887. The normalized spacial score (nSPS) is 13.8. The molecular weight excluding hydrogens is 418 g/mol. The van der Waals surface area contributed by atoms with E-state index in [1.165, 1.54) is 35.7 Å². The standard InChI is InChI=1S/C22H23N3O3S2/c1-15-12-21(23-19-9-8-17(13-18(15)19)30(27,28)24(2)3)29-14-22(26)25-11-10-16-6-4-5-7-20(16)25/h4-9,12-13H,10-11,14H2,1-3H3. The molecule has 3 aromatic rings. The fourth-order valence-electron chi connectivity index (χ4n) is 3.60. The molecule has 0 saturated carbocycles. The van der Waals surface area contributed by atoms with Crippen molar-refractivity contribution in [2.75, 3.05) is 31.3 Å². The van der Waals surface area contributed by atoms with E-state index < -0.39 is 10.0 Å². The van der Waals surface area contributed by atoms with E-state index in [2.05, 4.69) is 11.1 Å². The third kappa shape index (κ3) is 3.82. The molecule has 0 fully saturated rings. The van der Waals surface area contributed by atoms with E-state index >= 15 is 0 Å². The number of thioether (sulfide) groups is 1. The van der Waals surface area contributed by atoms with Gasteiger partial charge in [-0.05, 0) is 54.8 Å². The number of rotatable bonds is 5. The Labute approximate surface area is 181 Å². The summed E-state index contributed by atoms with van der Waals surface area (Å²) in [7, 11) is -0.472. The van der Waals surface area contributed by atoms with E-state index in [-0.39, 0.29) is 10.8 Å². The monoisotopic (exact) mass is 441 g/mol. The summed E-state index contributed by atoms with van der Waals surface area (Å²) in [6.45, 7) is 2.64. The van der Waals surface area contributed by atoms with Crippen LogP contribution < -0.4 is 4.90 Å². The zero-order valence-corrected chi connectivity index (χ0v) is 18.8. The molecule has 156 valence electrons. The van der Waals surface area contributed by atoms with E-state index in [0.29, 0.717) is 17.8 Å². The number of carbonyl (C=O) groups is 1. The van der Waals surface area contributed by atoms with Gasteiger partial charge < -0.3 is 4.90 Å². The predicted octanol–water partition coefficient (Wildman–Crippen LogP) is 3.47. The molecule has 4 rings (SSSR count). The Morgan fingerprint density at radius 2 is 1.93 bits per heavy atom. The summed E-state index contributed by atoms with van der Waals surface area (Å²) in [5, 5.41) is 1.55. The second-order valence-electron chi connectivity index (χ2n) is 7.46. The van der Waals surface area contributed by atoms with Crippen molar-refractivity contribution in [1.29, 1.82) is 0 Å². The van der Waals surface area contributed by atoms with Gasteiger partial charge in [-0.3, -0.25) is 4.79 Å². The quantitative estimate of drug-likeness (QED) is 0.567. The minimum Gasteiger partial charge on any atom is -0.311 e. The Balaban J connectivity index is 1.54. The van der Waals surface area contributed by atoms with Gasteiger partial charge in [0, 0.05) is 31.7 Å². The topological polar surface area (TPSA) is 70.6 Å². The van der Waals surface area contributed by atoms with Crippen LogP contribution >= 0.6 is 11.8 Å². The number of pyridine rings is 1. The van der Waals surface area contributed by atoms with Crippen molar-refractivity contribution in [2.45, 2.75) is 23.3 Å². The van der Waals surface area contributed by atoms with Gasteiger partial charge in [0.25, 0.3) is 0 Å². The van der Waals surface area contributed by atoms with E-state index in [0.717, 1.165) is 28.1 Å². The van der Waals surface area contributed by atoms with Gasteiger partial charge in [0.05, 0.1) is 21.2 Å². The Kier molecular flexibility index (Phi) is 5.57. The molecule has 1 aliphatic rings. The van der Waals surface area contributed by atoms with E-state index in [1.54, 1.807) is 18.2 Å². The van der Waals surface area contributed by atoms with E-state index in [4.69, 9.17) is 0 Å². The number of para-hydroxylation sites is 1. The van der Waals surface area contributed by atoms with Crippen LogP contribution in [0.15, 0.2) is 58.5 Å². The molecule has 1 aromatic heterocycles. The van der Waals surface area contributed by atoms with Gasteiger partial charge in [0.1, 0.15) is 0 Å². The Morgan fingerprint density at radius 1 is 1.17 bits per heavy atom. The van der Waals surface area contributed by atoms with Crippen molar-refractivity contribution >= 4 is 44.3 Å². The van der Waals surface area contributed by atoms with Crippen LogP contribution in [-0.4, -0.2) is 50.0 Å². The first-order chi connectivity index (χ1) is 14.3. The van der Waals surface area contributed by atoms with Crippen LogP contribution in [0.5, 0.6) is 0 Å². The average molecular weight is 442 g/mol. The zero-order valence-electron chi connectivity index (χ0n) is 17.1. The van der Waals surface area contributed by atoms with Crippen molar-refractivity contribution in [3.63, 3.8) is 0 Å². The first kappa shape index (κ1) is 20.8. The van der Waals surface area contributed by atoms with Crippen molar-refractivity contribution in [3.8, 4) is 0 Å². The number of benzene rings is 2. The highest BCUT2D eigenvalue weighted by atomic mass is 32.2. The van der Waals surface area contributed by atoms with Gasteiger partial charge in [-0.2, -0.15) is 0 Å². The number of fused-ring (bicyclic) bond motifs is 2. The van der Waals surface area contributed by atoms with Gasteiger partial charge >= 0.3 is 0 Å². The summed E-state index contributed by atoms with van der Waals surface area (Å²) in [5.74, 6) is 0.372. The number of amides is 1. The molecule has 0 N–H and O–H groups in total. The Morgan fingerprint density at radius 3 is 2.70 bits per heavy atom. The Hall–Kier alpha value is -2.42. The molecular formula is C22H23N3O3S2. The highest BCUT2D eigenvalue weighted by Crippen LogP contribution is 2.30. The number of carbonyl (C=O) groups excluding carboxylic acids is 1. The molecule has 0 spiro atoms. The number of hydrogen-bond acceptors (Lipinski definition) is 5. The molecule has 2 heterocycles. The molecule has 0 unspecified atom stereocenters. The lowest BCUT2D eigenvalue weighted by molar-refractivity contribution is -0.116. The minimum atomic E-state index is -3.50. The van der Waals surface area contributed by atoms with Gasteiger partial charge in [-0.15, -0.1) is 0 Å². The maximum Gasteiger partial charge on any atom is 0.242 e. The van der Waals surface area contributed by atoms with Crippen LogP contribution in [0.3, 0.4) is 0 Å². The molecule has 0 bridgehead atoms. The van der Waals surface area contributed by atoms with Crippen LogP contribution in [0.1, 0.15) is 11.1 Å². The summed E-state index contributed by atoms with van der Waals surface area (Å²) in [4.78, 5) is 19.5. The second-order valence-corrected chi connectivity index (χ2v) is 10.6. The molecule has 1 amide bonds. The summed E-state index contributed by atoms with van der Waals surface area (Å²) in [6, 6.07) is 14.9. The van der Waals surface area contributed by atoms with Crippen LogP contribution in [0, 0.1) is 6.92 Å². The largest absolute Gasteiger partial charge is 0.311 e. The molecule has 0 saturated heterocycles. The first-order valence-corrected chi connectivity index (χ1v) is 12.0. The molecule has 0 aliphatic carbocycles. The number of aryl methyl sites for hydroxylation is 1. The summed E-state index contributed by atoms with van der Waals surface area (Å²) >= 11 is 1.40. The van der Waals surface area contributed by atoms with E-state index in [1.807, 2.05) is 36.1 Å². The number of nitrogens with zero attached hydrogens (tertiary/aromatic N) is 3. The van der Waals surface area contributed by atoms with Crippen molar-refractivity contribution in [3.05, 3.63) is 59.7 Å². The Bertz CT molecular complexity index is 1240. The molecule has 6 nitrogen and oxygen atoms in total. The molecule has 0 atom stereocenters. The smallest absolute Gasteiger partial charge is 0.242 e. The predicted molar refractivity (Wildman–Crippen MR) is 121 cm³/mol. The molecule has 0 radical (unpaired) electrons. The van der Waals surface area contributed by atoms with Crippen LogP contribution in [0.25, 0.3) is 10.9 Å². The van der Waals surface area contributed by atoms with E-state index in [9.17, 15) is 13.2 Å². The van der Waals surface area contributed by atoms with Gasteiger partial charge in [-0.1, -0.05) is 30.0 Å². The lowest BCUT2D eigenvalue weighted by atomic mass is 10.1. The molecule has 30 heavy (non-hydrogen) atoms. The van der Waals surface area contributed by atoms with Crippen LogP contribution in [0.4, 0.5) is 5.69 Å². The third-order valence-electron chi connectivity index (χ3n) is 5.27. The third-order valence-corrected chi connectivity index (χ3v) is 7.98. The second kappa shape index (κ2) is 8.02. The summed E-state index contributed by atoms with van der Waals surface area (Å²) < 4.78 is 26.0. The lowest BCUT2D eigenvalue weighted by Gasteiger charge is -2.17.